The van der Waals surface area contributed by atoms with Crippen molar-refractivity contribution in [3.05, 3.63) is 96.1 Å². The third-order valence-electron chi connectivity index (χ3n) is 4.17. The number of para-hydroxylation sites is 2. The number of benzene rings is 3. The van der Waals surface area contributed by atoms with Crippen LogP contribution in [0.25, 0.3) is 0 Å². The molecule has 5 nitrogen and oxygen atoms in total. The van der Waals surface area contributed by atoms with Gasteiger partial charge in [-0.1, -0.05) is 48.5 Å². The number of hydrogen-bond donors (Lipinski definition) is 2. The van der Waals surface area contributed by atoms with Crippen LogP contribution in [0, 0.1) is 0 Å². The topological polar surface area (TPSA) is 61.4 Å². The average Bonchev–Trinajstić information content (AvgIpc) is 2.70. The molecule has 0 atom stereocenters. The third-order valence-corrected chi connectivity index (χ3v) is 4.17. The summed E-state index contributed by atoms with van der Waals surface area (Å²) < 4.78 is 0. The fourth-order valence-corrected chi connectivity index (χ4v) is 2.82. The van der Waals surface area contributed by atoms with E-state index in [9.17, 15) is 9.59 Å². The Kier molecular flexibility index (Phi) is 6.54. The molecule has 3 aromatic carbocycles. The molecule has 5 heteroatoms. The van der Waals surface area contributed by atoms with E-state index in [2.05, 4.69) is 10.6 Å². The molecule has 0 aromatic heterocycles. The Morgan fingerprint density at radius 2 is 1.29 bits per heavy atom. The first-order valence-corrected chi connectivity index (χ1v) is 9.09. The summed E-state index contributed by atoms with van der Waals surface area (Å²) >= 11 is 0. The summed E-state index contributed by atoms with van der Waals surface area (Å²) in [6.45, 7) is 0.897. The van der Waals surface area contributed by atoms with Crippen LogP contribution in [0.4, 0.5) is 11.4 Å². The zero-order valence-corrected chi connectivity index (χ0v) is 15.8. The molecule has 28 heavy (non-hydrogen) atoms. The lowest BCUT2D eigenvalue weighted by molar-refractivity contribution is -0.117. The molecule has 0 saturated carbocycles. The van der Waals surface area contributed by atoms with Gasteiger partial charge in [-0.2, -0.15) is 0 Å². The molecular formula is C23H23N3O2. The smallest absolute Gasteiger partial charge is 0.255 e. The first-order chi connectivity index (χ1) is 13.6. The Labute approximate surface area is 165 Å². The molecule has 2 N–H and O–H groups in total. The van der Waals surface area contributed by atoms with Crippen molar-refractivity contribution >= 4 is 23.2 Å². The maximum Gasteiger partial charge on any atom is 0.255 e. The number of carbonyl (C=O) groups is 2. The Hall–Kier alpha value is -3.44. The molecule has 0 spiro atoms. The van der Waals surface area contributed by atoms with E-state index in [1.807, 2.05) is 84.7 Å². The SMILES string of the molecule is CN(CC(=O)Nc1ccccc1)Cc1ccc(C(=O)Nc2ccccc2)cc1. The minimum atomic E-state index is -0.145. The summed E-state index contributed by atoms with van der Waals surface area (Å²) in [5.74, 6) is -0.207. The van der Waals surface area contributed by atoms with Crippen LogP contribution in [0.15, 0.2) is 84.9 Å². The molecule has 0 unspecified atom stereocenters. The minimum Gasteiger partial charge on any atom is -0.325 e. The Morgan fingerprint density at radius 1 is 0.750 bits per heavy atom. The molecule has 3 rings (SSSR count). The van der Waals surface area contributed by atoms with E-state index in [1.54, 1.807) is 12.1 Å². The fourth-order valence-electron chi connectivity index (χ4n) is 2.82. The third kappa shape index (κ3) is 5.79. The van der Waals surface area contributed by atoms with E-state index in [0.29, 0.717) is 12.1 Å². The van der Waals surface area contributed by atoms with Gasteiger partial charge in [-0.15, -0.1) is 0 Å². The lowest BCUT2D eigenvalue weighted by atomic mass is 10.1. The highest BCUT2D eigenvalue weighted by molar-refractivity contribution is 6.04. The van der Waals surface area contributed by atoms with Gasteiger partial charge in [-0.25, -0.2) is 0 Å². The zero-order valence-electron chi connectivity index (χ0n) is 15.8. The largest absolute Gasteiger partial charge is 0.325 e. The van der Waals surface area contributed by atoms with E-state index in [4.69, 9.17) is 0 Å². The molecule has 0 aliphatic carbocycles. The van der Waals surface area contributed by atoms with Crippen molar-refractivity contribution < 1.29 is 9.59 Å². The van der Waals surface area contributed by atoms with Crippen LogP contribution in [0.1, 0.15) is 15.9 Å². The zero-order chi connectivity index (χ0) is 19.8. The second-order valence-corrected chi connectivity index (χ2v) is 6.60. The molecule has 0 aliphatic heterocycles. The van der Waals surface area contributed by atoms with Crippen LogP contribution in [-0.4, -0.2) is 30.3 Å². The number of nitrogens with zero attached hydrogens (tertiary/aromatic N) is 1. The number of likely N-dealkylation sites (N-methyl/N-ethyl adjacent to an activating group) is 1. The quantitative estimate of drug-likeness (QED) is 0.658. The standard InChI is InChI=1S/C23H23N3O2/c1-26(17-22(27)24-20-8-4-2-5-9-20)16-18-12-14-19(15-13-18)23(28)25-21-10-6-3-7-11-21/h2-15H,16-17H2,1H3,(H,24,27)(H,25,28). The Morgan fingerprint density at radius 3 is 1.86 bits per heavy atom. The lowest BCUT2D eigenvalue weighted by Crippen LogP contribution is -2.29. The van der Waals surface area contributed by atoms with Crippen molar-refractivity contribution in [2.75, 3.05) is 24.2 Å². The van der Waals surface area contributed by atoms with Crippen molar-refractivity contribution in [2.24, 2.45) is 0 Å². The van der Waals surface area contributed by atoms with E-state index in [0.717, 1.165) is 16.9 Å². The van der Waals surface area contributed by atoms with Crippen molar-refractivity contribution in [2.45, 2.75) is 6.54 Å². The van der Waals surface area contributed by atoms with Crippen molar-refractivity contribution in [3.63, 3.8) is 0 Å². The number of carbonyl (C=O) groups excluding carboxylic acids is 2. The number of anilines is 2. The normalized spacial score (nSPS) is 10.5. The van der Waals surface area contributed by atoms with Gasteiger partial charge in [0.05, 0.1) is 6.54 Å². The Bertz CT molecular complexity index is 910. The predicted molar refractivity (Wildman–Crippen MR) is 112 cm³/mol. The summed E-state index contributed by atoms with van der Waals surface area (Å²) in [4.78, 5) is 26.3. The van der Waals surface area contributed by atoms with Gasteiger partial charge in [0.15, 0.2) is 0 Å². The van der Waals surface area contributed by atoms with Crippen molar-refractivity contribution in [1.29, 1.82) is 0 Å². The van der Waals surface area contributed by atoms with E-state index in [1.165, 1.54) is 0 Å². The summed E-state index contributed by atoms with van der Waals surface area (Å²) in [7, 11) is 1.89. The van der Waals surface area contributed by atoms with E-state index >= 15 is 0 Å². The molecule has 3 aromatic rings. The van der Waals surface area contributed by atoms with Gasteiger partial charge in [0, 0.05) is 23.5 Å². The minimum absolute atomic E-state index is 0.0624. The first kappa shape index (κ1) is 19.3. The fraction of sp³-hybridized carbons (Fsp3) is 0.130. The Balaban J connectivity index is 1.50. The number of rotatable bonds is 7. The lowest BCUT2D eigenvalue weighted by Gasteiger charge is -2.16. The van der Waals surface area contributed by atoms with Gasteiger partial charge >= 0.3 is 0 Å². The van der Waals surface area contributed by atoms with Gasteiger partial charge in [-0.05, 0) is 49.0 Å². The van der Waals surface area contributed by atoms with Gasteiger partial charge in [-0.3, -0.25) is 14.5 Å². The molecule has 0 aliphatic rings. The van der Waals surface area contributed by atoms with Crippen LogP contribution >= 0.6 is 0 Å². The van der Waals surface area contributed by atoms with E-state index in [-0.39, 0.29) is 18.4 Å². The first-order valence-electron chi connectivity index (χ1n) is 9.09. The van der Waals surface area contributed by atoms with Crippen LogP contribution in [-0.2, 0) is 11.3 Å². The molecule has 0 heterocycles. The molecular weight excluding hydrogens is 350 g/mol. The molecule has 0 radical (unpaired) electrons. The molecule has 0 saturated heterocycles. The maximum atomic E-state index is 12.3. The van der Waals surface area contributed by atoms with Gasteiger partial charge in [0.25, 0.3) is 5.91 Å². The van der Waals surface area contributed by atoms with Crippen LogP contribution in [0.5, 0.6) is 0 Å². The van der Waals surface area contributed by atoms with Crippen LogP contribution in [0.3, 0.4) is 0 Å². The van der Waals surface area contributed by atoms with Crippen LogP contribution < -0.4 is 10.6 Å². The van der Waals surface area contributed by atoms with Gasteiger partial charge in [0.1, 0.15) is 0 Å². The number of nitrogens with one attached hydrogen (secondary N) is 2. The second kappa shape index (κ2) is 9.48. The molecule has 142 valence electrons. The van der Waals surface area contributed by atoms with Crippen LogP contribution in [0.2, 0.25) is 0 Å². The van der Waals surface area contributed by atoms with Gasteiger partial charge in [0.2, 0.25) is 5.91 Å². The maximum absolute atomic E-state index is 12.3. The highest BCUT2D eigenvalue weighted by Gasteiger charge is 2.09. The highest BCUT2D eigenvalue weighted by atomic mass is 16.2. The summed E-state index contributed by atoms with van der Waals surface area (Å²) in [5, 5.41) is 5.74. The monoisotopic (exact) mass is 373 g/mol. The summed E-state index contributed by atoms with van der Waals surface area (Å²) in [6, 6.07) is 26.2. The molecule has 0 fully saturated rings. The summed E-state index contributed by atoms with van der Waals surface area (Å²) in [5.41, 5.74) is 3.18. The van der Waals surface area contributed by atoms with E-state index < -0.39 is 0 Å². The number of amides is 2. The van der Waals surface area contributed by atoms with Gasteiger partial charge < -0.3 is 10.6 Å². The van der Waals surface area contributed by atoms with Crippen molar-refractivity contribution in [1.82, 2.24) is 4.90 Å². The molecule has 0 bridgehead atoms. The average molecular weight is 373 g/mol. The van der Waals surface area contributed by atoms with Crippen molar-refractivity contribution in [3.8, 4) is 0 Å². The summed E-state index contributed by atoms with van der Waals surface area (Å²) in [6.07, 6.45) is 0. The number of hydrogen-bond acceptors (Lipinski definition) is 3. The second-order valence-electron chi connectivity index (χ2n) is 6.60. The predicted octanol–water partition coefficient (Wildman–Crippen LogP) is 4.01. The highest BCUT2D eigenvalue weighted by Crippen LogP contribution is 2.11. The molecule has 2 amide bonds.